The van der Waals surface area contributed by atoms with Gasteiger partial charge < -0.3 is 19.4 Å². The molecule has 0 spiro atoms. The van der Waals surface area contributed by atoms with Gasteiger partial charge in [0.25, 0.3) is 0 Å². The third-order valence-electron chi connectivity index (χ3n) is 2.33. The van der Waals surface area contributed by atoms with E-state index < -0.39 is 24.1 Å². The highest BCUT2D eigenvalue weighted by molar-refractivity contribution is 5.71. The largest absolute Gasteiger partial charge is 0.481 e. The number of quaternary nitrogens is 1. The van der Waals surface area contributed by atoms with Gasteiger partial charge in [-0.05, 0) is 6.42 Å². The van der Waals surface area contributed by atoms with E-state index in [1.807, 2.05) is 21.1 Å². The van der Waals surface area contributed by atoms with Crippen LogP contribution in [0.5, 0.6) is 0 Å². The Bertz CT molecular complexity index is 285. The molecule has 0 aromatic rings. The summed E-state index contributed by atoms with van der Waals surface area (Å²) < 4.78 is 5.62. The maximum Gasteiger partial charge on any atom is 0.308 e. The molecule has 2 N–H and O–H groups in total. The van der Waals surface area contributed by atoms with Crippen molar-refractivity contribution in [2.45, 2.75) is 38.4 Å². The normalized spacial score (nSPS) is 14.9. The van der Waals surface area contributed by atoms with Gasteiger partial charge >= 0.3 is 11.9 Å². The van der Waals surface area contributed by atoms with Gasteiger partial charge in [-0.1, -0.05) is 6.92 Å². The van der Waals surface area contributed by atoms with Crippen molar-refractivity contribution in [1.29, 1.82) is 0 Å². The van der Waals surface area contributed by atoms with Gasteiger partial charge in [-0.2, -0.15) is 0 Å². The molecule has 6 nitrogen and oxygen atoms in total. The second-order valence-corrected chi connectivity index (χ2v) is 5.45. The fourth-order valence-electron chi connectivity index (χ4n) is 1.52. The van der Waals surface area contributed by atoms with Crippen molar-refractivity contribution >= 4 is 11.9 Å². The summed E-state index contributed by atoms with van der Waals surface area (Å²) in [7, 11) is 5.68. The maximum absolute atomic E-state index is 11.5. The Balaban J connectivity index is 4.40. The first kappa shape index (κ1) is 16.9. The summed E-state index contributed by atoms with van der Waals surface area (Å²) in [5, 5.41) is 18.1. The Morgan fingerprint density at radius 1 is 1.22 bits per heavy atom. The number of hydrogen-bond donors (Lipinski definition) is 2. The molecule has 0 heterocycles. The number of aliphatic hydroxyl groups is 1. The molecule has 0 aromatic carbocycles. The van der Waals surface area contributed by atoms with E-state index in [9.17, 15) is 14.7 Å². The first-order valence-electron chi connectivity index (χ1n) is 6.03. The zero-order valence-electron chi connectivity index (χ0n) is 11.5. The number of aliphatic carboxylic acids is 1. The predicted octanol–water partition coefficient (Wildman–Crippen LogP) is 0.240. The molecule has 0 aliphatic heterocycles. The lowest BCUT2D eigenvalue weighted by Crippen LogP contribution is -2.44. The molecule has 0 aliphatic rings. The lowest BCUT2D eigenvalue weighted by molar-refractivity contribution is -0.873. The number of ether oxygens (including phenoxy) is 1. The van der Waals surface area contributed by atoms with Crippen LogP contribution in [-0.2, 0) is 14.3 Å². The highest BCUT2D eigenvalue weighted by atomic mass is 16.5. The molecule has 1 unspecified atom stereocenters. The van der Waals surface area contributed by atoms with Crippen molar-refractivity contribution in [3.8, 4) is 0 Å². The number of carbonyl (C=O) groups excluding carboxylic acids is 1. The van der Waals surface area contributed by atoms with Gasteiger partial charge in [-0.25, -0.2) is 0 Å². The average molecular weight is 262 g/mol. The van der Waals surface area contributed by atoms with Crippen LogP contribution in [0, 0.1) is 0 Å². The lowest BCUT2D eigenvalue weighted by atomic mass is 10.2. The first-order chi connectivity index (χ1) is 8.14. The summed E-state index contributed by atoms with van der Waals surface area (Å²) in [4.78, 5) is 22.2. The van der Waals surface area contributed by atoms with Crippen LogP contribution in [0.1, 0.15) is 26.2 Å². The molecule has 18 heavy (non-hydrogen) atoms. The minimum atomic E-state index is -1.00. The number of rotatable bonds is 8. The molecule has 106 valence electrons. The number of aliphatic hydroxyl groups excluding tert-OH is 1. The monoisotopic (exact) mass is 262 g/mol. The Kier molecular flexibility index (Phi) is 6.86. The van der Waals surface area contributed by atoms with Gasteiger partial charge in [0.2, 0.25) is 0 Å². The maximum atomic E-state index is 11.5. The van der Waals surface area contributed by atoms with Crippen molar-refractivity contribution in [2.75, 3.05) is 27.7 Å². The number of esters is 1. The molecular weight excluding hydrogens is 238 g/mol. The molecule has 0 radical (unpaired) electrons. The number of carboxylic acids is 1. The summed E-state index contributed by atoms with van der Waals surface area (Å²) in [6.45, 7) is 2.18. The molecule has 6 heteroatoms. The molecule has 0 rings (SSSR count). The van der Waals surface area contributed by atoms with E-state index in [0.717, 1.165) is 0 Å². The second-order valence-electron chi connectivity index (χ2n) is 5.45. The zero-order chi connectivity index (χ0) is 14.3. The van der Waals surface area contributed by atoms with Crippen LogP contribution in [0.4, 0.5) is 0 Å². The van der Waals surface area contributed by atoms with Gasteiger partial charge in [-0.3, -0.25) is 9.59 Å². The highest BCUT2D eigenvalue weighted by Gasteiger charge is 2.25. The van der Waals surface area contributed by atoms with Gasteiger partial charge in [0.1, 0.15) is 6.54 Å². The molecule has 2 atom stereocenters. The van der Waals surface area contributed by atoms with Crippen molar-refractivity contribution < 1.29 is 29.0 Å². The third kappa shape index (κ3) is 8.95. The van der Waals surface area contributed by atoms with Crippen LogP contribution in [0.25, 0.3) is 0 Å². The van der Waals surface area contributed by atoms with Crippen LogP contribution in [-0.4, -0.2) is 66.5 Å². The number of carboxylic acid groups (broad SMARTS) is 1. The van der Waals surface area contributed by atoms with Crippen molar-refractivity contribution in [2.24, 2.45) is 0 Å². The second kappa shape index (κ2) is 7.33. The minimum Gasteiger partial charge on any atom is -0.481 e. The van der Waals surface area contributed by atoms with E-state index in [1.165, 1.54) is 0 Å². The molecule has 0 fully saturated rings. The molecule has 0 aliphatic carbocycles. The van der Waals surface area contributed by atoms with E-state index in [4.69, 9.17) is 9.84 Å². The summed E-state index contributed by atoms with van der Waals surface area (Å²) in [6, 6.07) is 0. The van der Waals surface area contributed by atoms with Crippen LogP contribution in [0.2, 0.25) is 0 Å². The minimum absolute atomic E-state index is 0.0935. The number of nitrogens with zero attached hydrogens (tertiary/aromatic N) is 1. The number of likely N-dealkylation sites (N-methyl/N-ethyl adjacent to an activating group) is 1. The SMILES string of the molecule is CCC(O)CC(=O)O[C@H](CC(=O)O)C[N+](C)(C)C. The van der Waals surface area contributed by atoms with Crippen molar-refractivity contribution in [3.05, 3.63) is 0 Å². The Labute approximate surface area is 108 Å². The molecule has 0 bridgehead atoms. The van der Waals surface area contributed by atoms with Gasteiger partial charge in [0.15, 0.2) is 6.10 Å². The van der Waals surface area contributed by atoms with E-state index in [-0.39, 0.29) is 12.8 Å². The molecule has 0 saturated carbocycles. The van der Waals surface area contributed by atoms with E-state index >= 15 is 0 Å². The van der Waals surface area contributed by atoms with Gasteiger partial charge in [-0.15, -0.1) is 0 Å². The molecular formula is C12H24NO5+. The Hall–Kier alpha value is -1.14. The quantitative estimate of drug-likeness (QED) is 0.483. The molecule has 0 aromatic heterocycles. The fraction of sp³-hybridized carbons (Fsp3) is 0.833. The topological polar surface area (TPSA) is 83.8 Å². The highest BCUT2D eigenvalue weighted by Crippen LogP contribution is 2.08. The average Bonchev–Trinajstić information content (AvgIpc) is 2.12. The number of carbonyl (C=O) groups is 2. The van der Waals surface area contributed by atoms with E-state index in [0.29, 0.717) is 17.4 Å². The fourth-order valence-corrected chi connectivity index (χ4v) is 1.52. The van der Waals surface area contributed by atoms with E-state index in [1.54, 1.807) is 6.92 Å². The summed E-state index contributed by atoms with van der Waals surface area (Å²) in [6.07, 6.45) is -1.24. The Morgan fingerprint density at radius 3 is 2.17 bits per heavy atom. The van der Waals surface area contributed by atoms with Crippen LogP contribution in [0.3, 0.4) is 0 Å². The standard InChI is InChI=1S/C12H23NO5/c1-5-9(14)6-12(17)18-10(7-11(15)16)8-13(2,3)4/h9-10,14H,5-8H2,1-4H3/p+1/t9?,10-/m1/s1. The Morgan fingerprint density at radius 2 is 1.78 bits per heavy atom. The number of hydrogen-bond acceptors (Lipinski definition) is 4. The van der Waals surface area contributed by atoms with Gasteiger partial charge in [0, 0.05) is 0 Å². The van der Waals surface area contributed by atoms with Crippen molar-refractivity contribution in [1.82, 2.24) is 0 Å². The van der Waals surface area contributed by atoms with Crippen LogP contribution < -0.4 is 0 Å². The first-order valence-corrected chi connectivity index (χ1v) is 6.03. The summed E-state index contributed by atoms with van der Waals surface area (Å²) >= 11 is 0. The van der Waals surface area contributed by atoms with Crippen LogP contribution in [0.15, 0.2) is 0 Å². The molecule has 0 saturated heterocycles. The predicted molar refractivity (Wildman–Crippen MR) is 65.9 cm³/mol. The summed E-state index contributed by atoms with van der Waals surface area (Å²) in [5.41, 5.74) is 0. The lowest BCUT2D eigenvalue weighted by Gasteiger charge is -2.28. The smallest absolute Gasteiger partial charge is 0.308 e. The van der Waals surface area contributed by atoms with E-state index in [2.05, 4.69) is 0 Å². The van der Waals surface area contributed by atoms with Crippen LogP contribution >= 0.6 is 0 Å². The zero-order valence-corrected chi connectivity index (χ0v) is 11.5. The van der Waals surface area contributed by atoms with Gasteiger partial charge in [0.05, 0.1) is 40.1 Å². The molecule has 0 amide bonds. The van der Waals surface area contributed by atoms with Crippen molar-refractivity contribution in [3.63, 3.8) is 0 Å². The summed E-state index contributed by atoms with van der Waals surface area (Å²) in [5.74, 6) is -1.55. The third-order valence-corrected chi connectivity index (χ3v) is 2.33.